The number of carbonyl (C=O) groups is 5. The number of hydrogen-bond donors (Lipinski definition) is 9. The molecule has 0 fully saturated rings. The van der Waals surface area contributed by atoms with Gasteiger partial charge in [-0.1, -0.05) is 52.3 Å². The van der Waals surface area contributed by atoms with Gasteiger partial charge >= 0.3 is 0 Å². The zero-order chi connectivity index (χ0) is 34.6. The molecule has 1 aromatic carbocycles. The van der Waals surface area contributed by atoms with Crippen LogP contribution in [0, 0.1) is 11.8 Å². The number of para-hydroxylation sites is 1. The fourth-order valence-electron chi connectivity index (χ4n) is 5.00. The summed E-state index contributed by atoms with van der Waals surface area (Å²) in [6, 6.07) is 2.51. The second-order valence-corrected chi connectivity index (χ2v) is 12.4. The van der Waals surface area contributed by atoms with Crippen LogP contribution in [-0.4, -0.2) is 82.5 Å². The standard InChI is InChI=1S/C32H52N8O6/c1-6-18(4)27(35)31(45)40-28(19(5)41)32(46)39-24(13-17(2)3)30(44)38-25(29(43)37-21(15-33)11-12-26(34)42)14-20-16-36-23-10-8-7-9-22(20)23/h7-10,16-19,21,24-25,27-28,36,41H,6,11-15,33,35H2,1-5H3,(H2,34,42)(H,37,43)(H,38,44)(H,39,46)(H,40,45)/t18-,19+,21-,24-,25-,27-,28-/m0/s1. The van der Waals surface area contributed by atoms with Gasteiger partial charge in [-0.05, 0) is 43.2 Å². The summed E-state index contributed by atoms with van der Waals surface area (Å²) in [4.78, 5) is 68.0. The van der Waals surface area contributed by atoms with Gasteiger partial charge in [-0.3, -0.25) is 24.0 Å². The van der Waals surface area contributed by atoms with Crippen molar-refractivity contribution in [1.82, 2.24) is 26.3 Å². The van der Waals surface area contributed by atoms with Crippen molar-refractivity contribution in [3.63, 3.8) is 0 Å². The van der Waals surface area contributed by atoms with E-state index in [0.717, 1.165) is 16.5 Å². The topological polar surface area (TPSA) is 248 Å². The van der Waals surface area contributed by atoms with Gasteiger partial charge in [-0.25, -0.2) is 0 Å². The lowest BCUT2D eigenvalue weighted by Crippen LogP contribution is -2.61. The fourth-order valence-corrected chi connectivity index (χ4v) is 5.00. The second kappa shape index (κ2) is 18.2. The van der Waals surface area contributed by atoms with Crippen LogP contribution in [0.4, 0.5) is 0 Å². The third-order valence-electron chi connectivity index (χ3n) is 8.06. The first-order valence-electron chi connectivity index (χ1n) is 15.9. The Morgan fingerprint density at radius 1 is 0.891 bits per heavy atom. The molecule has 0 spiro atoms. The average Bonchev–Trinajstić information content (AvgIpc) is 3.42. The highest BCUT2D eigenvalue weighted by Gasteiger charge is 2.34. The van der Waals surface area contributed by atoms with Crippen molar-refractivity contribution in [2.45, 2.75) is 103 Å². The Morgan fingerprint density at radius 2 is 1.52 bits per heavy atom. The molecule has 1 heterocycles. The van der Waals surface area contributed by atoms with Crippen LogP contribution in [0.3, 0.4) is 0 Å². The highest BCUT2D eigenvalue weighted by molar-refractivity contribution is 5.95. The van der Waals surface area contributed by atoms with E-state index in [9.17, 15) is 29.1 Å². The molecule has 0 saturated heterocycles. The van der Waals surface area contributed by atoms with E-state index < -0.39 is 65.8 Å². The number of H-pyrrole nitrogens is 1. The molecule has 0 unspecified atom stereocenters. The number of nitrogens with two attached hydrogens (primary N) is 3. The molecule has 2 aromatic rings. The molecule has 14 nitrogen and oxygen atoms in total. The maximum Gasteiger partial charge on any atom is 0.245 e. The zero-order valence-corrected chi connectivity index (χ0v) is 27.5. The van der Waals surface area contributed by atoms with Crippen molar-refractivity contribution in [2.75, 3.05) is 6.54 Å². The van der Waals surface area contributed by atoms with E-state index in [0.29, 0.717) is 6.42 Å². The van der Waals surface area contributed by atoms with Crippen molar-refractivity contribution >= 4 is 40.4 Å². The van der Waals surface area contributed by atoms with E-state index in [1.807, 2.05) is 45.0 Å². The molecule has 0 saturated carbocycles. The van der Waals surface area contributed by atoms with Crippen LogP contribution in [0.1, 0.15) is 65.9 Å². The first-order valence-corrected chi connectivity index (χ1v) is 15.9. The van der Waals surface area contributed by atoms with Crippen LogP contribution in [0.2, 0.25) is 0 Å². The lowest BCUT2D eigenvalue weighted by molar-refractivity contribution is -0.136. The summed E-state index contributed by atoms with van der Waals surface area (Å²) < 4.78 is 0. The number of carbonyl (C=O) groups excluding carboxylic acids is 5. The molecule has 2 rings (SSSR count). The van der Waals surface area contributed by atoms with Crippen LogP contribution in [-0.2, 0) is 30.4 Å². The normalized spacial score (nSPS) is 16.0. The van der Waals surface area contributed by atoms with Gasteiger partial charge < -0.3 is 48.6 Å². The Hall–Kier alpha value is -4.01. The Balaban J connectivity index is 2.32. The van der Waals surface area contributed by atoms with Crippen molar-refractivity contribution < 1.29 is 29.1 Å². The molecule has 0 aliphatic carbocycles. The van der Waals surface area contributed by atoms with Crippen LogP contribution < -0.4 is 38.5 Å². The van der Waals surface area contributed by atoms with Gasteiger partial charge in [0, 0.05) is 42.5 Å². The lowest BCUT2D eigenvalue weighted by atomic mass is 9.98. The SMILES string of the molecule is CC[C@H](C)[C@H](N)C(=O)N[C@H](C(=O)N[C@@H](CC(C)C)C(=O)N[C@@H](Cc1c[nH]c2ccccc12)C(=O)N[C@H](CN)CCC(N)=O)[C@@H](C)O. The van der Waals surface area contributed by atoms with E-state index in [2.05, 4.69) is 26.3 Å². The Kier molecular flexibility index (Phi) is 15.1. The molecule has 5 amide bonds. The number of aromatic amines is 1. The van der Waals surface area contributed by atoms with Gasteiger partial charge in [0.25, 0.3) is 0 Å². The third kappa shape index (κ3) is 11.4. The van der Waals surface area contributed by atoms with E-state index in [-0.39, 0.29) is 44.1 Å². The predicted octanol–water partition coefficient (Wildman–Crippen LogP) is -0.326. The van der Waals surface area contributed by atoms with Gasteiger partial charge in [-0.2, -0.15) is 0 Å². The number of benzene rings is 1. The van der Waals surface area contributed by atoms with Crippen molar-refractivity contribution in [3.8, 4) is 0 Å². The molecular formula is C32H52N8O6. The fraction of sp³-hybridized carbons (Fsp3) is 0.594. The van der Waals surface area contributed by atoms with E-state index in [1.165, 1.54) is 6.92 Å². The third-order valence-corrected chi connectivity index (χ3v) is 8.06. The van der Waals surface area contributed by atoms with Crippen LogP contribution >= 0.6 is 0 Å². The molecule has 256 valence electrons. The van der Waals surface area contributed by atoms with E-state index in [1.54, 1.807) is 13.1 Å². The van der Waals surface area contributed by atoms with Gasteiger partial charge in [-0.15, -0.1) is 0 Å². The summed E-state index contributed by atoms with van der Waals surface area (Å²) in [6.07, 6.45) is 1.68. The number of aliphatic hydroxyl groups is 1. The number of aromatic nitrogens is 1. The number of hydrogen-bond acceptors (Lipinski definition) is 8. The summed E-state index contributed by atoms with van der Waals surface area (Å²) in [7, 11) is 0. The number of amides is 5. The van der Waals surface area contributed by atoms with Gasteiger partial charge in [0.05, 0.1) is 12.1 Å². The van der Waals surface area contributed by atoms with Crippen molar-refractivity contribution in [3.05, 3.63) is 36.0 Å². The molecule has 7 atom stereocenters. The first-order chi connectivity index (χ1) is 21.7. The monoisotopic (exact) mass is 644 g/mol. The summed E-state index contributed by atoms with van der Waals surface area (Å²) in [6.45, 7) is 8.82. The molecule has 46 heavy (non-hydrogen) atoms. The molecule has 0 bridgehead atoms. The number of nitrogens with one attached hydrogen (secondary N) is 5. The molecule has 12 N–H and O–H groups in total. The summed E-state index contributed by atoms with van der Waals surface area (Å²) in [5.74, 6) is -3.26. The summed E-state index contributed by atoms with van der Waals surface area (Å²) >= 11 is 0. The van der Waals surface area contributed by atoms with Crippen molar-refractivity contribution in [2.24, 2.45) is 29.0 Å². The van der Waals surface area contributed by atoms with Crippen LogP contribution in [0.15, 0.2) is 30.5 Å². The Labute approximate surface area is 270 Å². The number of rotatable bonds is 19. The smallest absolute Gasteiger partial charge is 0.245 e. The summed E-state index contributed by atoms with van der Waals surface area (Å²) in [5.41, 5.74) is 18.8. The Morgan fingerprint density at radius 3 is 2.11 bits per heavy atom. The predicted molar refractivity (Wildman–Crippen MR) is 176 cm³/mol. The molecular weight excluding hydrogens is 592 g/mol. The highest BCUT2D eigenvalue weighted by atomic mass is 16.3. The average molecular weight is 645 g/mol. The minimum atomic E-state index is -1.37. The van der Waals surface area contributed by atoms with Crippen LogP contribution in [0.25, 0.3) is 10.9 Å². The quantitative estimate of drug-likeness (QED) is 0.0977. The largest absolute Gasteiger partial charge is 0.391 e. The number of fused-ring (bicyclic) bond motifs is 1. The zero-order valence-electron chi connectivity index (χ0n) is 27.5. The highest BCUT2D eigenvalue weighted by Crippen LogP contribution is 2.20. The maximum atomic E-state index is 13.8. The molecule has 14 heteroatoms. The lowest BCUT2D eigenvalue weighted by Gasteiger charge is -2.28. The van der Waals surface area contributed by atoms with E-state index in [4.69, 9.17) is 17.2 Å². The van der Waals surface area contributed by atoms with Gasteiger partial charge in [0.2, 0.25) is 29.5 Å². The maximum absolute atomic E-state index is 13.8. The van der Waals surface area contributed by atoms with Gasteiger partial charge in [0.15, 0.2) is 0 Å². The minimum absolute atomic E-state index is 0.0212. The molecule has 0 radical (unpaired) electrons. The molecule has 1 aromatic heterocycles. The Bertz CT molecular complexity index is 1330. The minimum Gasteiger partial charge on any atom is -0.391 e. The molecule has 0 aliphatic heterocycles. The number of primary amides is 1. The first kappa shape index (κ1) is 38.2. The van der Waals surface area contributed by atoms with Crippen molar-refractivity contribution in [1.29, 1.82) is 0 Å². The number of aliphatic hydroxyl groups excluding tert-OH is 1. The second-order valence-electron chi connectivity index (χ2n) is 12.4. The van der Waals surface area contributed by atoms with Gasteiger partial charge in [0.1, 0.15) is 18.1 Å². The summed E-state index contributed by atoms with van der Waals surface area (Å²) in [5, 5.41) is 22.0. The van der Waals surface area contributed by atoms with E-state index >= 15 is 0 Å². The molecule has 0 aliphatic rings. The van der Waals surface area contributed by atoms with Crippen LogP contribution in [0.5, 0.6) is 0 Å².